The Kier molecular flexibility index (Phi) is 8.14. The highest BCUT2D eigenvalue weighted by molar-refractivity contribution is 5.68. The van der Waals surface area contributed by atoms with Gasteiger partial charge in [0, 0.05) is 25.2 Å². The molecule has 0 heterocycles. The summed E-state index contributed by atoms with van der Waals surface area (Å²) in [5.74, 6) is 0.629. The van der Waals surface area contributed by atoms with E-state index in [1.165, 1.54) is 11.1 Å². The minimum Gasteiger partial charge on any atom is -0.444 e. The van der Waals surface area contributed by atoms with Gasteiger partial charge in [-0.3, -0.25) is 4.90 Å². The lowest BCUT2D eigenvalue weighted by Crippen LogP contribution is -2.44. The number of amides is 1. The summed E-state index contributed by atoms with van der Waals surface area (Å²) >= 11 is 0. The molecule has 4 nitrogen and oxygen atoms in total. The first-order chi connectivity index (χ1) is 14.8. The molecule has 1 amide bonds. The fourth-order valence-corrected chi connectivity index (χ4v) is 4.50. The number of hydrogen-bond acceptors (Lipinski definition) is 3. The van der Waals surface area contributed by atoms with Gasteiger partial charge in [-0.15, -0.1) is 0 Å². The van der Waals surface area contributed by atoms with Gasteiger partial charge >= 0.3 is 6.09 Å². The number of ether oxygens (including phenoxy) is 1. The van der Waals surface area contributed by atoms with Crippen LogP contribution in [0.4, 0.5) is 4.79 Å². The van der Waals surface area contributed by atoms with Gasteiger partial charge in [-0.1, -0.05) is 60.7 Å². The van der Waals surface area contributed by atoms with Gasteiger partial charge in [0.1, 0.15) is 5.60 Å². The zero-order valence-electron chi connectivity index (χ0n) is 19.5. The molecular formula is C27H38N2O2. The summed E-state index contributed by atoms with van der Waals surface area (Å²) in [5, 5.41) is 3.07. The third-order valence-electron chi connectivity index (χ3n) is 6.21. The van der Waals surface area contributed by atoms with E-state index in [4.69, 9.17) is 4.74 Å². The molecule has 4 heteroatoms. The molecule has 0 spiro atoms. The van der Waals surface area contributed by atoms with Crippen molar-refractivity contribution >= 4 is 6.09 Å². The predicted octanol–water partition coefficient (Wildman–Crippen LogP) is 6.16. The van der Waals surface area contributed by atoms with Crippen LogP contribution in [0.2, 0.25) is 0 Å². The number of nitrogens with one attached hydrogen (secondary N) is 1. The van der Waals surface area contributed by atoms with Crippen molar-refractivity contribution in [2.45, 2.75) is 84.2 Å². The smallest absolute Gasteiger partial charge is 0.407 e. The van der Waals surface area contributed by atoms with Crippen LogP contribution in [0.5, 0.6) is 0 Å². The van der Waals surface area contributed by atoms with Crippen LogP contribution in [0, 0.1) is 5.92 Å². The molecule has 1 N–H and O–H groups in total. The molecule has 0 saturated heterocycles. The van der Waals surface area contributed by atoms with E-state index in [1.807, 2.05) is 20.8 Å². The first kappa shape index (κ1) is 23.3. The van der Waals surface area contributed by atoms with Crippen LogP contribution in [0.1, 0.15) is 64.5 Å². The van der Waals surface area contributed by atoms with Crippen LogP contribution in [0.3, 0.4) is 0 Å². The Balaban J connectivity index is 1.59. The lowest BCUT2D eigenvalue weighted by atomic mass is 9.81. The second-order valence-corrected chi connectivity index (χ2v) is 9.87. The minimum atomic E-state index is -0.453. The number of rotatable bonds is 7. The van der Waals surface area contributed by atoms with Crippen LogP contribution in [0.15, 0.2) is 60.7 Å². The normalized spacial score (nSPS) is 20.3. The fraction of sp³-hybridized carbons (Fsp3) is 0.519. The topological polar surface area (TPSA) is 41.6 Å². The highest BCUT2D eigenvalue weighted by atomic mass is 16.6. The molecule has 1 fully saturated rings. The third-order valence-corrected chi connectivity index (χ3v) is 6.21. The first-order valence-corrected chi connectivity index (χ1v) is 11.6. The molecule has 0 unspecified atom stereocenters. The summed E-state index contributed by atoms with van der Waals surface area (Å²) in [7, 11) is 0. The zero-order chi connectivity index (χ0) is 22.3. The van der Waals surface area contributed by atoms with Crippen molar-refractivity contribution in [3.8, 4) is 0 Å². The van der Waals surface area contributed by atoms with E-state index in [0.717, 1.165) is 38.8 Å². The number of hydrogen-bond donors (Lipinski definition) is 1. The van der Waals surface area contributed by atoms with Gasteiger partial charge in [0.15, 0.2) is 0 Å². The molecule has 0 aromatic heterocycles. The standard InChI is InChI=1S/C27H38N2O2/c1-21(24-15-17-25(18-16-24)28-26(30)31-27(2,3)4)29(19-22-11-7-5-8-12-22)20-23-13-9-6-10-14-23/h5-14,21,24-25H,15-20H2,1-4H3,(H,28,30)/t21-,24?,25?/m0/s1. The maximum absolute atomic E-state index is 12.1. The third kappa shape index (κ3) is 7.70. The van der Waals surface area contributed by atoms with Crippen molar-refractivity contribution in [1.82, 2.24) is 10.2 Å². The summed E-state index contributed by atoms with van der Waals surface area (Å²) in [6, 6.07) is 22.2. The summed E-state index contributed by atoms with van der Waals surface area (Å²) in [6.45, 7) is 9.98. The second kappa shape index (κ2) is 10.8. The lowest BCUT2D eigenvalue weighted by Gasteiger charge is -2.39. The van der Waals surface area contributed by atoms with E-state index in [0.29, 0.717) is 12.0 Å². The Hall–Kier alpha value is -2.33. The maximum Gasteiger partial charge on any atom is 0.407 e. The molecule has 31 heavy (non-hydrogen) atoms. The molecule has 1 atom stereocenters. The summed E-state index contributed by atoms with van der Waals surface area (Å²) < 4.78 is 5.43. The van der Waals surface area contributed by atoms with Crippen molar-refractivity contribution in [2.75, 3.05) is 0 Å². The van der Waals surface area contributed by atoms with Crippen LogP contribution in [-0.4, -0.2) is 28.7 Å². The van der Waals surface area contributed by atoms with E-state index in [9.17, 15) is 4.79 Å². The Bertz CT molecular complexity index is 751. The number of alkyl carbamates (subject to hydrolysis) is 1. The van der Waals surface area contributed by atoms with Crippen molar-refractivity contribution in [1.29, 1.82) is 0 Å². The van der Waals surface area contributed by atoms with Gasteiger partial charge < -0.3 is 10.1 Å². The molecule has 1 aliphatic carbocycles. The summed E-state index contributed by atoms with van der Waals surface area (Å²) in [4.78, 5) is 14.7. The van der Waals surface area contributed by atoms with Crippen molar-refractivity contribution in [3.63, 3.8) is 0 Å². The van der Waals surface area contributed by atoms with Crippen LogP contribution in [-0.2, 0) is 17.8 Å². The molecule has 2 aromatic carbocycles. The molecule has 2 aromatic rings. The van der Waals surface area contributed by atoms with Gasteiger partial charge in [-0.25, -0.2) is 4.79 Å². The lowest BCUT2D eigenvalue weighted by molar-refractivity contribution is 0.0470. The van der Waals surface area contributed by atoms with Crippen molar-refractivity contribution < 1.29 is 9.53 Å². The van der Waals surface area contributed by atoms with Crippen LogP contribution >= 0.6 is 0 Å². The van der Waals surface area contributed by atoms with E-state index in [-0.39, 0.29) is 12.1 Å². The second-order valence-electron chi connectivity index (χ2n) is 9.87. The quantitative estimate of drug-likeness (QED) is 0.581. The van der Waals surface area contributed by atoms with Crippen LogP contribution < -0.4 is 5.32 Å². The van der Waals surface area contributed by atoms with E-state index in [1.54, 1.807) is 0 Å². The fourth-order valence-electron chi connectivity index (χ4n) is 4.50. The number of nitrogens with zero attached hydrogens (tertiary/aromatic N) is 1. The van der Waals surface area contributed by atoms with E-state index in [2.05, 4.69) is 77.8 Å². The number of carbonyl (C=O) groups excluding carboxylic acids is 1. The van der Waals surface area contributed by atoms with Gasteiger partial charge in [0.05, 0.1) is 0 Å². The number of benzene rings is 2. The van der Waals surface area contributed by atoms with Crippen molar-refractivity contribution in [2.24, 2.45) is 5.92 Å². The first-order valence-electron chi connectivity index (χ1n) is 11.6. The Morgan fingerprint density at radius 1 is 0.935 bits per heavy atom. The maximum atomic E-state index is 12.1. The largest absolute Gasteiger partial charge is 0.444 e. The Morgan fingerprint density at radius 3 is 1.87 bits per heavy atom. The molecule has 0 bridgehead atoms. The zero-order valence-corrected chi connectivity index (χ0v) is 19.5. The highest BCUT2D eigenvalue weighted by Crippen LogP contribution is 2.31. The van der Waals surface area contributed by atoms with Gasteiger partial charge in [-0.2, -0.15) is 0 Å². The predicted molar refractivity (Wildman–Crippen MR) is 127 cm³/mol. The van der Waals surface area contributed by atoms with Gasteiger partial charge in [-0.05, 0) is 70.4 Å². The average molecular weight is 423 g/mol. The minimum absolute atomic E-state index is 0.218. The van der Waals surface area contributed by atoms with E-state index >= 15 is 0 Å². The molecule has 1 aliphatic rings. The number of carbonyl (C=O) groups is 1. The average Bonchev–Trinajstić information content (AvgIpc) is 2.73. The monoisotopic (exact) mass is 422 g/mol. The molecule has 3 rings (SSSR count). The summed E-state index contributed by atoms with van der Waals surface area (Å²) in [6.07, 6.45) is 3.99. The molecular weight excluding hydrogens is 384 g/mol. The Morgan fingerprint density at radius 2 is 1.42 bits per heavy atom. The highest BCUT2D eigenvalue weighted by Gasteiger charge is 2.30. The molecule has 0 radical (unpaired) electrons. The van der Waals surface area contributed by atoms with Gasteiger partial charge in [0.25, 0.3) is 0 Å². The van der Waals surface area contributed by atoms with E-state index < -0.39 is 5.60 Å². The summed E-state index contributed by atoms with van der Waals surface area (Å²) in [5.41, 5.74) is 2.25. The van der Waals surface area contributed by atoms with Crippen LogP contribution in [0.25, 0.3) is 0 Å². The Labute approximate surface area is 188 Å². The van der Waals surface area contributed by atoms with Crippen molar-refractivity contribution in [3.05, 3.63) is 71.8 Å². The molecule has 1 saturated carbocycles. The SMILES string of the molecule is C[C@@H](C1CCC(NC(=O)OC(C)(C)C)CC1)N(Cc1ccccc1)Cc1ccccc1. The molecule has 0 aliphatic heterocycles. The molecule has 168 valence electrons. The van der Waals surface area contributed by atoms with Gasteiger partial charge in [0.2, 0.25) is 0 Å².